The highest BCUT2D eigenvalue weighted by molar-refractivity contribution is 5.44. The van der Waals surface area contributed by atoms with Crippen LogP contribution in [-0.2, 0) is 0 Å². The van der Waals surface area contributed by atoms with Crippen molar-refractivity contribution in [1.82, 2.24) is 15.0 Å². The van der Waals surface area contributed by atoms with Crippen molar-refractivity contribution in [1.29, 1.82) is 0 Å². The van der Waals surface area contributed by atoms with Crippen molar-refractivity contribution >= 4 is 17.8 Å². The summed E-state index contributed by atoms with van der Waals surface area (Å²) in [5.41, 5.74) is 0. The molecular weight excluding hydrogens is 256 g/mol. The topological polar surface area (TPSA) is 86.2 Å². The third-order valence-corrected chi connectivity index (χ3v) is 3.31. The first-order valence-corrected chi connectivity index (χ1v) is 7.39. The summed E-state index contributed by atoms with van der Waals surface area (Å²) in [5, 5.41) is 15.8. The van der Waals surface area contributed by atoms with E-state index in [4.69, 9.17) is 0 Å². The summed E-state index contributed by atoms with van der Waals surface area (Å²) in [6, 6.07) is 0. The molecule has 0 spiro atoms. The molecule has 0 aliphatic carbocycles. The molecule has 2 heterocycles. The van der Waals surface area contributed by atoms with E-state index in [2.05, 4.69) is 30.5 Å². The second-order valence-corrected chi connectivity index (χ2v) is 4.95. The van der Waals surface area contributed by atoms with Crippen LogP contribution in [0.4, 0.5) is 17.8 Å². The number of aliphatic hydroxyl groups is 1. The average Bonchev–Trinajstić information content (AvgIpc) is 2.99. The van der Waals surface area contributed by atoms with Gasteiger partial charge in [-0.25, -0.2) is 0 Å². The summed E-state index contributed by atoms with van der Waals surface area (Å²) in [7, 11) is 0. The number of nitrogens with zero attached hydrogens (tertiary/aromatic N) is 4. The molecule has 7 nitrogen and oxygen atoms in total. The first kappa shape index (κ1) is 14.8. The van der Waals surface area contributed by atoms with Crippen molar-refractivity contribution in [2.75, 3.05) is 41.7 Å². The van der Waals surface area contributed by atoms with Gasteiger partial charge < -0.3 is 20.6 Å². The molecule has 1 atom stereocenters. The second kappa shape index (κ2) is 7.23. The van der Waals surface area contributed by atoms with Gasteiger partial charge in [0.05, 0.1) is 6.10 Å². The Hall–Kier alpha value is -1.63. The van der Waals surface area contributed by atoms with Gasteiger partial charge in [0.25, 0.3) is 0 Å². The molecule has 1 unspecified atom stereocenters. The van der Waals surface area contributed by atoms with Gasteiger partial charge >= 0.3 is 0 Å². The zero-order valence-corrected chi connectivity index (χ0v) is 12.3. The van der Waals surface area contributed by atoms with E-state index in [1.165, 1.54) is 12.8 Å². The molecule has 1 aromatic rings. The van der Waals surface area contributed by atoms with Crippen LogP contribution in [0.25, 0.3) is 0 Å². The summed E-state index contributed by atoms with van der Waals surface area (Å²) in [4.78, 5) is 15.4. The van der Waals surface area contributed by atoms with Gasteiger partial charge in [-0.15, -0.1) is 0 Å². The highest BCUT2D eigenvalue weighted by Crippen LogP contribution is 2.18. The van der Waals surface area contributed by atoms with Crippen LogP contribution in [-0.4, -0.2) is 52.3 Å². The Labute approximate surface area is 119 Å². The van der Waals surface area contributed by atoms with Gasteiger partial charge in [0.2, 0.25) is 17.8 Å². The summed E-state index contributed by atoms with van der Waals surface area (Å²) in [5.74, 6) is 1.81. The van der Waals surface area contributed by atoms with Crippen LogP contribution in [0.1, 0.15) is 33.1 Å². The highest BCUT2D eigenvalue weighted by Gasteiger charge is 2.17. The summed E-state index contributed by atoms with van der Waals surface area (Å²) >= 11 is 0. The van der Waals surface area contributed by atoms with Crippen molar-refractivity contribution in [3.8, 4) is 0 Å². The number of hydrogen-bond acceptors (Lipinski definition) is 7. The molecule has 1 fully saturated rings. The lowest BCUT2D eigenvalue weighted by atomic mass is 10.3. The quantitative estimate of drug-likeness (QED) is 0.689. The molecular formula is C13H24N6O. The molecule has 112 valence electrons. The van der Waals surface area contributed by atoms with Crippen LogP contribution < -0.4 is 15.5 Å². The third kappa shape index (κ3) is 3.93. The molecule has 0 aromatic carbocycles. The summed E-state index contributed by atoms with van der Waals surface area (Å²) in [6.07, 6.45) is 2.68. The maximum absolute atomic E-state index is 9.61. The van der Waals surface area contributed by atoms with E-state index in [1.807, 2.05) is 13.8 Å². The SMILES string of the molecule is CCNc1nc(NCC(O)CC)nc(N2CCCC2)n1. The van der Waals surface area contributed by atoms with Crippen LogP contribution in [0.2, 0.25) is 0 Å². The first-order valence-electron chi connectivity index (χ1n) is 7.39. The Morgan fingerprint density at radius 3 is 2.35 bits per heavy atom. The van der Waals surface area contributed by atoms with Crippen LogP contribution >= 0.6 is 0 Å². The Balaban J connectivity index is 2.12. The predicted octanol–water partition coefficient (Wildman–Crippen LogP) is 1.09. The zero-order chi connectivity index (χ0) is 14.4. The molecule has 0 saturated carbocycles. The first-order chi connectivity index (χ1) is 9.72. The van der Waals surface area contributed by atoms with Crippen LogP contribution in [0.3, 0.4) is 0 Å². The molecule has 1 aromatic heterocycles. The van der Waals surface area contributed by atoms with E-state index in [0.717, 1.165) is 19.6 Å². The minimum atomic E-state index is -0.385. The van der Waals surface area contributed by atoms with E-state index in [1.54, 1.807) is 0 Å². The van der Waals surface area contributed by atoms with Crippen molar-refractivity contribution in [3.05, 3.63) is 0 Å². The summed E-state index contributed by atoms with van der Waals surface area (Å²) < 4.78 is 0. The van der Waals surface area contributed by atoms with Gasteiger partial charge in [-0.05, 0) is 26.2 Å². The average molecular weight is 280 g/mol. The molecule has 7 heteroatoms. The Morgan fingerprint density at radius 2 is 1.75 bits per heavy atom. The normalized spacial score (nSPS) is 16.2. The minimum absolute atomic E-state index is 0.385. The Kier molecular flexibility index (Phi) is 5.34. The molecule has 0 amide bonds. The Morgan fingerprint density at radius 1 is 1.10 bits per heavy atom. The number of aliphatic hydroxyl groups excluding tert-OH is 1. The molecule has 1 aliphatic heterocycles. The van der Waals surface area contributed by atoms with Crippen LogP contribution in [0.15, 0.2) is 0 Å². The van der Waals surface area contributed by atoms with Crippen molar-refractivity contribution < 1.29 is 5.11 Å². The maximum atomic E-state index is 9.61. The van der Waals surface area contributed by atoms with Crippen molar-refractivity contribution in [2.45, 2.75) is 39.2 Å². The predicted molar refractivity (Wildman–Crippen MR) is 80.2 cm³/mol. The molecule has 0 bridgehead atoms. The number of aromatic nitrogens is 3. The van der Waals surface area contributed by atoms with Gasteiger partial charge in [0.15, 0.2) is 0 Å². The molecule has 20 heavy (non-hydrogen) atoms. The fraction of sp³-hybridized carbons (Fsp3) is 0.769. The van der Waals surface area contributed by atoms with E-state index < -0.39 is 0 Å². The molecule has 0 radical (unpaired) electrons. The third-order valence-electron chi connectivity index (χ3n) is 3.31. The van der Waals surface area contributed by atoms with E-state index in [0.29, 0.717) is 30.8 Å². The van der Waals surface area contributed by atoms with Gasteiger partial charge in [0.1, 0.15) is 0 Å². The van der Waals surface area contributed by atoms with Crippen molar-refractivity contribution in [3.63, 3.8) is 0 Å². The van der Waals surface area contributed by atoms with Crippen LogP contribution in [0, 0.1) is 0 Å². The standard InChI is InChI=1S/C13H24N6O/c1-3-10(20)9-15-12-16-11(14-4-2)17-13(18-12)19-7-5-6-8-19/h10,20H,3-9H2,1-2H3,(H2,14,15,16,17,18). The maximum Gasteiger partial charge on any atom is 0.231 e. The monoisotopic (exact) mass is 280 g/mol. The Bertz CT molecular complexity index is 421. The number of nitrogens with one attached hydrogen (secondary N) is 2. The zero-order valence-electron chi connectivity index (χ0n) is 12.3. The molecule has 1 saturated heterocycles. The molecule has 3 N–H and O–H groups in total. The smallest absolute Gasteiger partial charge is 0.231 e. The van der Waals surface area contributed by atoms with E-state index in [9.17, 15) is 5.11 Å². The highest BCUT2D eigenvalue weighted by atomic mass is 16.3. The summed E-state index contributed by atoms with van der Waals surface area (Å²) in [6.45, 7) is 7.15. The lowest BCUT2D eigenvalue weighted by Gasteiger charge is -2.17. The minimum Gasteiger partial charge on any atom is -0.391 e. The number of anilines is 3. The van der Waals surface area contributed by atoms with Gasteiger partial charge in [-0.1, -0.05) is 6.92 Å². The number of rotatable bonds is 7. The number of hydrogen-bond donors (Lipinski definition) is 3. The van der Waals surface area contributed by atoms with Gasteiger partial charge in [0, 0.05) is 26.2 Å². The van der Waals surface area contributed by atoms with Crippen molar-refractivity contribution in [2.24, 2.45) is 0 Å². The lowest BCUT2D eigenvalue weighted by molar-refractivity contribution is 0.183. The second-order valence-electron chi connectivity index (χ2n) is 4.95. The fourth-order valence-corrected chi connectivity index (χ4v) is 2.09. The fourth-order valence-electron chi connectivity index (χ4n) is 2.09. The van der Waals surface area contributed by atoms with E-state index >= 15 is 0 Å². The van der Waals surface area contributed by atoms with Crippen LogP contribution in [0.5, 0.6) is 0 Å². The molecule has 1 aliphatic rings. The van der Waals surface area contributed by atoms with Gasteiger partial charge in [-0.3, -0.25) is 0 Å². The van der Waals surface area contributed by atoms with Gasteiger partial charge in [-0.2, -0.15) is 15.0 Å². The lowest BCUT2D eigenvalue weighted by Crippen LogP contribution is -2.24. The molecule has 2 rings (SSSR count). The van der Waals surface area contributed by atoms with E-state index in [-0.39, 0.29) is 6.10 Å². The largest absolute Gasteiger partial charge is 0.391 e.